The van der Waals surface area contributed by atoms with Crippen LogP contribution in [0, 0.1) is 17.6 Å². The van der Waals surface area contributed by atoms with Crippen molar-refractivity contribution in [3.63, 3.8) is 0 Å². The molecular formula is C22H25F2N3O7. The van der Waals surface area contributed by atoms with Gasteiger partial charge < -0.3 is 20.2 Å². The van der Waals surface area contributed by atoms with E-state index in [-0.39, 0.29) is 36.7 Å². The summed E-state index contributed by atoms with van der Waals surface area (Å²) in [5.41, 5.74) is -1.49. The summed E-state index contributed by atoms with van der Waals surface area (Å²) in [6, 6.07) is 4.18. The van der Waals surface area contributed by atoms with Gasteiger partial charge in [-0.15, -0.1) is 0 Å². The first-order chi connectivity index (χ1) is 16.2. The predicted octanol–water partition coefficient (Wildman–Crippen LogP) is 2.77. The largest absolute Gasteiger partial charge is 0.477 e. The third kappa shape index (κ3) is 6.85. The Balaban J connectivity index is 2.00. The first-order valence-corrected chi connectivity index (χ1v) is 10.5. The Kier molecular flexibility index (Phi) is 9.68. The normalized spacial score (nSPS) is 11.5. The van der Waals surface area contributed by atoms with E-state index in [1.54, 1.807) is 0 Å². The summed E-state index contributed by atoms with van der Waals surface area (Å²) in [4.78, 5) is 46.4. The van der Waals surface area contributed by atoms with Crippen LogP contribution in [0.15, 0.2) is 28.7 Å². The summed E-state index contributed by atoms with van der Waals surface area (Å²) in [6.07, 6.45) is 3.13. The van der Waals surface area contributed by atoms with Crippen molar-refractivity contribution in [2.24, 2.45) is 5.92 Å². The molecule has 184 valence electrons. The fourth-order valence-corrected chi connectivity index (χ4v) is 3.20. The maximum absolute atomic E-state index is 14.4. The Labute approximate surface area is 193 Å². The van der Waals surface area contributed by atoms with Crippen molar-refractivity contribution in [1.82, 2.24) is 15.7 Å². The second-order valence-electron chi connectivity index (χ2n) is 7.40. The molecular weight excluding hydrogens is 456 g/mol. The number of unbranched alkanes of at least 4 members (excludes halogenated alkanes) is 2. The second-order valence-corrected chi connectivity index (χ2v) is 7.40. The Bertz CT molecular complexity index is 1040. The lowest BCUT2D eigenvalue weighted by Gasteiger charge is -2.19. The van der Waals surface area contributed by atoms with Gasteiger partial charge in [0.15, 0.2) is 11.6 Å². The van der Waals surface area contributed by atoms with Crippen LogP contribution >= 0.6 is 0 Å². The molecule has 1 aromatic heterocycles. The number of benzene rings is 1. The van der Waals surface area contributed by atoms with E-state index in [1.807, 2.05) is 6.92 Å². The summed E-state index contributed by atoms with van der Waals surface area (Å²) in [5.74, 6) is -6.75. The Morgan fingerprint density at radius 2 is 1.88 bits per heavy atom. The molecule has 0 saturated carbocycles. The second kappa shape index (κ2) is 12.4. The van der Waals surface area contributed by atoms with Gasteiger partial charge in [0.1, 0.15) is 17.1 Å². The van der Waals surface area contributed by atoms with Gasteiger partial charge in [0, 0.05) is 0 Å². The predicted molar refractivity (Wildman–Crippen MR) is 114 cm³/mol. The highest BCUT2D eigenvalue weighted by molar-refractivity contribution is 5.93. The smallest absolute Gasteiger partial charge is 0.341 e. The van der Waals surface area contributed by atoms with Crippen LogP contribution in [-0.4, -0.2) is 52.8 Å². The van der Waals surface area contributed by atoms with Crippen LogP contribution in [0.4, 0.5) is 8.78 Å². The minimum Gasteiger partial charge on any atom is -0.477 e. The molecule has 0 aliphatic rings. The van der Waals surface area contributed by atoms with Gasteiger partial charge in [-0.1, -0.05) is 26.2 Å². The minimum absolute atomic E-state index is 0.193. The Morgan fingerprint density at radius 3 is 2.53 bits per heavy atom. The number of furan rings is 1. The average Bonchev–Trinajstić information content (AvgIpc) is 3.28. The van der Waals surface area contributed by atoms with E-state index in [4.69, 9.17) is 9.52 Å². The summed E-state index contributed by atoms with van der Waals surface area (Å²) in [6.45, 7) is 1.50. The van der Waals surface area contributed by atoms with Gasteiger partial charge in [-0.25, -0.2) is 18.6 Å². The Hall–Kier alpha value is -3.80. The van der Waals surface area contributed by atoms with Gasteiger partial charge >= 0.3 is 5.97 Å². The number of hydrogen-bond acceptors (Lipinski definition) is 6. The lowest BCUT2D eigenvalue weighted by atomic mass is 10.0. The van der Waals surface area contributed by atoms with E-state index in [2.05, 4.69) is 10.6 Å². The van der Waals surface area contributed by atoms with Crippen molar-refractivity contribution in [1.29, 1.82) is 0 Å². The SMILES string of the molecule is CCCCC[C@H](CN(O)C=O)C(=O)NCNC(=O)c1ccc(-c2ccc(F)c(C(=O)O)c2F)o1. The van der Waals surface area contributed by atoms with Crippen LogP contribution in [0.2, 0.25) is 0 Å². The van der Waals surface area contributed by atoms with Gasteiger partial charge in [0.25, 0.3) is 5.91 Å². The van der Waals surface area contributed by atoms with Crippen molar-refractivity contribution in [2.45, 2.75) is 32.6 Å². The lowest BCUT2D eigenvalue weighted by molar-refractivity contribution is -0.154. The van der Waals surface area contributed by atoms with E-state index >= 15 is 0 Å². The molecule has 1 atom stereocenters. The summed E-state index contributed by atoms with van der Waals surface area (Å²) in [5, 5.41) is 23.6. The molecule has 0 unspecified atom stereocenters. The highest BCUT2D eigenvalue weighted by atomic mass is 19.1. The van der Waals surface area contributed by atoms with E-state index in [9.17, 15) is 33.2 Å². The van der Waals surface area contributed by atoms with Crippen molar-refractivity contribution in [2.75, 3.05) is 13.2 Å². The van der Waals surface area contributed by atoms with Crippen molar-refractivity contribution in [3.05, 3.63) is 47.2 Å². The van der Waals surface area contributed by atoms with Crippen LogP contribution in [0.25, 0.3) is 11.3 Å². The van der Waals surface area contributed by atoms with Gasteiger partial charge in [-0.2, -0.15) is 0 Å². The fraction of sp³-hybridized carbons (Fsp3) is 0.364. The van der Waals surface area contributed by atoms with E-state index < -0.39 is 40.9 Å². The number of hydrogen-bond donors (Lipinski definition) is 4. The van der Waals surface area contributed by atoms with Gasteiger partial charge in [-0.3, -0.25) is 19.6 Å². The molecule has 0 saturated heterocycles. The molecule has 0 fully saturated rings. The average molecular weight is 481 g/mol. The number of aromatic carboxylic acids is 1. The van der Waals surface area contributed by atoms with Gasteiger partial charge in [0.2, 0.25) is 12.3 Å². The minimum atomic E-state index is -1.79. The maximum Gasteiger partial charge on any atom is 0.341 e. The molecule has 0 radical (unpaired) electrons. The molecule has 2 rings (SSSR count). The van der Waals surface area contributed by atoms with Gasteiger partial charge in [0.05, 0.1) is 24.7 Å². The molecule has 0 spiro atoms. The number of carboxylic acids is 1. The van der Waals surface area contributed by atoms with Crippen LogP contribution in [0.3, 0.4) is 0 Å². The highest BCUT2D eigenvalue weighted by Gasteiger charge is 2.23. The third-order valence-electron chi connectivity index (χ3n) is 4.97. The van der Waals surface area contributed by atoms with E-state index in [1.165, 1.54) is 12.1 Å². The molecule has 0 aliphatic carbocycles. The van der Waals surface area contributed by atoms with Crippen molar-refractivity contribution < 1.29 is 42.7 Å². The molecule has 1 aromatic carbocycles. The van der Waals surface area contributed by atoms with E-state index in [0.29, 0.717) is 17.9 Å². The zero-order valence-corrected chi connectivity index (χ0v) is 18.3. The molecule has 10 nitrogen and oxygen atoms in total. The number of halogens is 2. The summed E-state index contributed by atoms with van der Waals surface area (Å²) in [7, 11) is 0. The molecule has 4 N–H and O–H groups in total. The molecule has 12 heteroatoms. The number of carboxylic acid groups (broad SMARTS) is 1. The summed E-state index contributed by atoms with van der Waals surface area (Å²) >= 11 is 0. The molecule has 0 bridgehead atoms. The quantitative estimate of drug-likeness (QED) is 0.113. The highest BCUT2D eigenvalue weighted by Crippen LogP contribution is 2.28. The number of carbonyl (C=O) groups excluding carboxylic acids is 3. The monoisotopic (exact) mass is 481 g/mol. The first-order valence-electron chi connectivity index (χ1n) is 10.5. The van der Waals surface area contributed by atoms with Crippen LogP contribution in [0.1, 0.15) is 53.5 Å². The number of nitrogens with one attached hydrogen (secondary N) is 2. The van der Waals surface area contributed by atoms with Crippen LogP contribution in [-0.2, 0) is 9.59 Å². The van der Waals surface area contributed by atoms with Crippen LogP contribution in [0.5, 0.6) is 0 Å². The number of hydroxylamine groups is 2. The molecule has 2 aromatic rings. The number of amides is 3. The third-order valence-corrected chi connectivity index (χ3v) is 4.97. The summed E-state index contributed by atoms with van der Waals surface area (Å²) < 4.78 is 33.3. The van der Waals surface area contributed by atoms with Crippen LogP contribution < -0.4 is 10.6 Å². The topological polar surface area (TPSA) is 149 Å². The molecule has 3 amide bonds. The standard InChI is InChI=1S/C22H25F2N3O7/c1-2-3-4-5-13(10-27(33)12-28)20(29)25-11-26-21(30)17-9-8-16(34-17)14-6-7-15(23)18(19(14)24)22(31)32/h6-9,12-13,33H,2-5,10-11H2,1H3,(H,25,29)(H,26,30)(H,31,32)/t13-/m1/s1. The fourth-order valence-electron chi connectivity index (χ4n) is 3.20. The van der Waals surface area contributed by atoms with Gasteiger partial charge in [-0.05, 0) is 30.7 Å². The number of rotatable bonds is 13. The maximum atomic E-state index is 14.4. The van der Waals surface area contributed by atoms with Crippen molar-refractivity contribution in [3.8, 4) is 11.3 Å². The molecule has 1 heterocycles. The molecule has 34 heavy (non-hydrogen) atoms. The van der Waals surface area contributed by atoms with Crippen molar-refractivity contribution >= 4 is 24.2 Å². The van der Waals surface area contributed by atoms with E-state index in [0.717, 1.165) is 25.0 Å². The number of carbonyl (C=O) groups is 4. The number of nitrogens with zero attached hydrogens (tertiary/aromatic N) is 1. The lowest BCUT2D eigenvalue weighted by Crippen LogP contribution is -2.42. The zero-order valence-electron chi connectivity index (χ0n) is 18.3. The molecule has 0 aliphatic heterocycles. The zero-order chi connectivity index (χ0) is 25.3. The first kappa shape index (κ1) is 26.5. The Morgan fingerprint density at radius 1 is 1.15 bits per heavy atom.